The van der Waals surface area contributed by atoms with Crippen molar-refractivity contribution in [3.8, 4) is 0 Å². The molecule has 0 radical (unpaired) electrons. The number of nitrogens with zero attached hydrogens (tertiary/aromatic N) is 4. The Labute approximate surface area is 108 Å². The molecule has 0 atom stereocenters. The number of anilines is 1. The van der Waals surface area contributed by atoms with E-state index in [2.05, 4.69) is 62.6 Å². The second-order valence-corrected chi connectivity index (χ2v) is 4.77. The number of rotatable bonds is 3. The molecule has 0 fully saturated rings. The number of halogens is 1. The lowest BCUT2D eigenvalue weighted by molar-refractivity contribution is 0.628. The van der Waals surface area contributed by atoms with Gasteiger partial charge in [0.1, 0.15) is 0 Å². The molecule has 17 heavy (non-hydrogen) atoms. The normalized spacial score (nSPS) is 10.6. The zero-order chi connectivity index (χ0) is 12.4. The average molecular weight is 296 g/mol. The van der Waals surface area contributed by atoms with E-state index in [4.69, 9.17) is 0 Å². The first-order valence-corrected chi connectivity index (χ1v) is 6.09. The molecule has 0 saturated heterocycles. The van der Waals surface area contributed by atoms with E-state index in [1.165, 1.54) is 15.9 Å². The van der Waals surface area contributed by atoms with E-state index in [1.807, 2.05) is 0 Å². The summed E-state index contributed by atoms with van der Waals surface area (Å²) in [5.74, 6) is 0.686. The highest BCUT2D eigenvalue weighted by Crippen LogP contribution is 2.25. The zero-order valence-electron chi connectivity index (χ0n) is 10.0. The Morgan fingerprint density at radius 3 is 2.47 bits per heavy atom. The van der Waals surface area contributed by atoms with Crippen molar-refractivity contribution in [3.63, 3.8) is 0 Å². The van der Waals surface area contributed by atoms with Gasteiger partial charge < -0.3 is 5.32 Å². The van der Waals surface area contributed by atoms with Crippen LogP contribution < -0.4 is 5.32 Å². The molecule has 5 nitrogen and oxygen atoms in total. The fourth-order valence-corrected chi connectivity index (χ4v) is 1.85. The van der Waals surface area contributed by atoms with E-state index in [9.17, 15) is 0 Å². The van der Waals surface area contributed by atoms with Gasteiger partial charge in [0, 0.05) is 10.2 Å². The molecule has 0 aliphatic rings. The van der Waals surface area contributed by atoms with E-state index < -0.39 is 0 Å². The van der Waals surface area contributed by atoms with Gasteiger partial charge in [-0.1, -0.05) is 15.9 Å². The molecule has 1 N–H and O–H groups in total. The number of tetrazole rings is 1. The van der Waals surface area contributed by atoms with E-state index >= 15 is 0 Å². The van der Waals surface area contributed by atoms with Crippen LogP contribution in [0.2, 0.25) is 0 Å². The quantitative estimate of drug-likeness (QED) is 0.943. The van der Waals surface area contributed by atoms with Gasteiger partial charge in [-0.15, -0.1) is 10.2 Å². The molecule has 90 valence electrons. The van der Waals surface area contributed by atoms with Crippen molar-refractivity contribution in [2.24, 2.45) is 7.05 Å². The van der Waals surface area contributed by atoms with Crippen molar-refractivity contribution in [1.29, 1.82) is 0 Å². The molecule has 2 rings (SSSR count). The summed E-state index contributed by atoms with van der Waals surface area (Å²) in [4.78, 5) is 1.45. The molecule has 0 unspecified atom stereocenters. The van der Waals surface area contributed by atoms with E-state index in [0.717, 1.165) is 10.2 Å². The predicted octanol–water partition coefficient (Wildman–Crippen LogP) is 2.20. The molecule has 1 heterocycles. The third-order valence-electron chi connectivity index (χ3n) is 2.44. The molecule has 0 saturated carbocycles. The lowest BCUT2D eigenvalue weighted by Gasteiger charge is -2.09. The third kappa shape index (κ3) is 2.82. The van der Waals surface area contributed by atoms with Gasteiger partial charge in [0.25, 0.3) is 0 Å². The Morgan fingerprint density at radius 2 is 1.94 bits per heavy atom. The van der Waals surface area contributed by atoms with Crippen LogP contribution in [-0.4, -0.2) is 20.2 Å². The van der Waals surface area contributed by atoms with Gasteiger partial charge in [0.2, 0.25) is 0 Å². The van der Waals surface area contributed by atoms with Crippen molar-refractivity contribution < 1.29 is 0 Å². The van der Waals surface area contributed by atoms with E-state index in [-0.39, 0.29) is 0 Å². The Kier molecular flexibility index (Phi) is 3.42. The van der Waals surface area contributed by atoms with E-state index in [1.54, 1.807) is 7.05 Å². The summed E-state index contributed by atoms with van der Waals surface area (Å²) in [6.07, 6.45) is 0. The van der Waals surface area contributed by atoms with Crippen LogP contribution in [0.5, 0.6) is 0 Å². The van der Waals surface area contributed by atoms with Crippen LogP contribution in [0.1, 0.15) is 17.0 Å². The van der Waals surface area contributed by atoms with Gasteiger partial charge in [-0.2, -0.15) is 4.80 Å². The van der Waals surface area contributed by atoms with Crippen molar-refractivity contribution >= 4 is 21.6 Å². The lowest BCUT2D eigenvalue weighted by Crippen LogP contribution is -2.03. The fraction of sp³-hybridized carbons (Fsp3) is 0.364. The number of benzene rings is 1. The summed E-state index contributed by atoms with van der Waals surface area (Å²) < 4.78 is 1.15. The van der Waals surface area contributed by atoms with E-state index in [0.29, 0.717) is 12.4 Å². The summed E-state index contributed by atoms with van der Waals surface area (Å²) in [5.41, 5.74) is 3.48. The van der Waals surface area contributed by atoms with Gasteiger partial charge >= 0.3 is 0 Å². The molecule has 0 bridgehead atoms. The molecule has 0 aliphatic heterocycles. The maximum absolute atomic E-state index is 4.11. The standard InChI is InChI=1S/C11H14BrN5/c1-7-4-9(5-8(2)11(7)12)13-6-10-14-16-17(3)15-10/h4-5,13H,6H2,1-3H3. The smallest absolute Gasteiger partial charge is 0.193 e. The minimum atomic E-state index is 0.578. The van der Waals surface area contributed by atoms with Crippen LogP contribution in [-0.2, 0) is 13.6 Å². The number of aromatic nitrogens is 4. The number of hydrogen-bond acceptors (Lipinski definition) is 4. The van der Waals surface area contributed by atoms with Gasteiger partial charge in [-0.05, 0) is 42.3 Å². The van der Waals surface area contributed by atoms with Crippen LogP contribution >= 0.6 is 15.9 Å². The highest BCUT2D eigenvalue weighted by atomic mass is 79.9. The molecule has 2 aromatic rings. The van der Waals surface area contributed by atoms with Crippen molar-refractivity contribution in [2.75, 3.05) is 5.32 Å². The van der Waals surface area contributed by atoms with Crippen LogP contribution in [0.25, 0.3) is 0 Å². The minimum absolute atomic E-state index is 0.578. The third-order valence-corrected chi connectivity index (χ3v) is 3.69. The highest BCUT2D eigenvalue weighted by Gasteiger charge is 2.04. The molecular weight excluding hydrogens is 282 g/mol. The molecule has 1 aromatic carbocycles. The van der Waals surface area contributed by atoms with Crippen LogP contribution in [0.4, 0.5) is 5.69 Å². The van der Waals surface area contributed by atoms with Crippen molar-refractivity contribution in [2.45, 2.75) is 20.4 Å². The second kappa shape index (κ2) is 4.83. The maximum atomic E-state index is 4.11. The van der Waals surface area contributed by atoms with Gasteiger partial charge in [-0.25, -0.2) is 0 Å². The van der Waals surface area contributed by atoms with Crippen LogP contribution in [0.3, 0.4) is 0 Å². The first kappa shape index (κ1) is 12.0. The Morgan fingerprint density at radius 1 is 1.29 bits per heavy atom. The molecular formula is C11H14BrN5. The molecule has 0 amide bonds. The molecule has 0 spiro atoms. The summed E-state index contributed by atoms with van der Waals surface area (Å²) in [5, 5.41) is 15.1. The SMILES string of the molecule is Cc1cc(NCc2nnn(C)n2)cc(C)c1Br. The lowest BCUT2D eigenvalue weighted by atomic mass is 10.1. The summed E-state index contributed by atoms with van der Waals surface area (Å²) in [7, 11) is 1.75. The van der Waals surface area contributed by atoms with Gasteiger partial charge in [0.05, 0.1) is 13.6 Å². The van der Waals surface area contributed by atoms with Crippen LogP contribution in [0.15, 0.2) is 16.6 Å². The molecule has 6 heteroatoms. The maximum Gasteiger partial charge on any atom is 0.193 e. The first-order chi connectivity index (χ1) is 8.06. The van der Waals surface area contributed by atoms with Gasteiger partial charge in [0.15, 0.2) is 5.82 Å². The summed E-state index contributed by atoms with van der Waals surface area (Å²) >= 11 is 3.55. The highest BCUT2D eigenvalue weighted by molar-refractivity contribution is 9.10. The first-order valence-electron chi connectivity index (χ1n) is 5.30. The zero-order valence-corrected chi connectivity index (χ0v) is 11.6. The summed E-state index contributed by atoms with van der Waals surface area (Å²) in [6, 6.07) is 4.18. The van der Waals surface area contributed by atoms with Crippen molar-refractivity contribution in [1.82, 2.24) is 20.2 Å². The Hall–Kier alpha value is -1.43. The van der Waals surface area contributed by atoms with Gasteiger partial charge in [-0.3, -0.25) is 0 Å². The Bertz CT molecular complexity index is 511. The second-order valence-electron chi connectivity index (χ2n) is 3.97. The number of hydrogen-bond donors (Lipinski definition) is 1. The van der Waals surface area contributed by atoms with Crippen LogP contribution in [0, 0.1) is 13.8 Å². The average Bonchev–Trinajstić information content (AvgIpc) is 2.69. The van der Waals surface area contributed by atoms with Crippen molar-refractivity contribution in [3.05, 3.63) is 33.6 Å². The monoisotopic (exact) mass is 295 g/mol. The predicted molar refractivity (Wildman–Crippen MR) is 69.7 cm³/mol. The number of nitrogens with one attached hydrogen (secondary N) is 1. The molecule has 1 aromatic heterocycles. The molecule has 0 aliphatic carbocycles. The fourth-order valence-electron chi connectivity index (χ4n) is 1.62. The minimum Gasteiger partial charge on any atom is -0.378 e. The summed E-state index contributed by atoms with van der Waals surface area (Å²) in [6.45, 7) is 4.72. The largest absolute Gasteiger partial charge is 0.378 e. The number of aryl methyl sites for hydroxylation is 3. The Balaban J connectivity index is 2.09. The topological polar surface area (TPSA) is 55.6 Å².